The zero-order chi connectivity index (χ0) is 6.57. The molecule has 0 bridgehead atoms. The van der Waals surface area contributed by atoms with Gasteiger partial charge in [-0.15, -0.1) is 0 Å². The van der Waals surface area contributed by atoms with E-state index in [-0.39, 0.29) is 5.91 Å². The molecule has 0 N–H and O–H groups in total. The number of hydrogen-bond donors (Lipinski definition) is 0. The topological polar surface area (TPSA) is 32.7 Å². The maximum Gasteiger partial charge on any atom is 0.224 e. The smallest absolute Gasteiger partial charge is 0.224 e. The van der Waals surface area contributed by atoms with E-state index in [1.54, 1.807) is 7.05 Å². The van der Waals surface area contributed by atoms with Crippen LogP contribution in [0.1, 0.15) is 6.92 Å². The zero-order valence-corrected chi connectivity index (χ0v) is 6.92. The fourth-order valence-electron chi connectivity index (χ4n) is 0.147. The van der Waals surface area contributed by atoms with E-state index in [2.05, 4.69) is 3.21 Å². The van der Waals surface area contributed by atoms with Crippen LogP contribution in [-0.4, -0.2) is 24.2 Å². The first-order chi connectivity index (χ1) is 3.68. The Kier molecular flexibility index (Phi) is 3.76. The van der Waals surface area contributed by atoms with Crippen LogP contribution in [0.4, 0.5) is 0 Å². The fourth-order valence-corrected chi connectivity index (χ4v) is 0.520. The van der Waals surface area contributed by atoms with E-state index in [1.165, 1.54) is 18.2 Å². The van der Waals surface area contributed by atoms with Crippen molar-refractivity contribution in [3.8, 4) is 0 Å². The Morgan fingerprint density at radius 2 is 2.38 bits per heavy atom. The minimum Gasteiger partial charge on any atom is -0.306 e. The van der Waals surface area contributed by atoms with Crippen LogP contribution in [0.2, 0.25) is 0 Å². The summed E-state index contributed by atoms with van der Waals surface area (Å²) in [5.41, 5.74) is 0. The Labute approximate surface area is 62.3 Å². The highest BCUT2D eigenvalue weighted by atomic mass is 127. The summed E-state index contributed by atoms with van der Waals surface area (Å²) in [4.78, 5) is 11.8. The highest BCUT2D eigenvalue weighted by molar-refractivity contribution is 14.1. The molecule has 0 fully saturated rings. The molecule has 0 aromatic heterocycles. The molecule has 0 saturated carbocycles. The number of halogens is 1. The molecule has 0 radical (unpaired) electrons. The van der Waals surface area contributed by atoms with Crippen LogP contribution >= 0.6 is 22.9 Å². The lowest BCUT2D eigenvalue weighted by molar-refractivity contribution is -0.123. The predicted molar refractivity (Wildman–Crippen MR) is 41.0 cm³/mol. The van der Waals surface area contributed by atoms with E-state index in [9.17, 15) is 4.79 Å². The lowest BCUT2D eigenvalue weighted by Gasteiger charge is -2.03. The van der Waals surface area contributed by atoms with Gasteiger partial charge in [-0.1, -0.05) is 0 Å². The van der Waals surface area contributed by atoms with Crippen molar-refractivity contribution in [1.82, 2.24) is 4.90 Å². The van der Waals surface area contributed by atoms with Crippen molar-refractivity contribution in [2.45, 2.75) is 6.92 Å². The van der Waals surface area contributed by atoms with Gasteiger partial charge in [0.25, 0.3) is 0 Å². The summed E-state index contributed by atoms with van der Waals surface area (Å²) in [6.45, 7) is 1.48. The lowest BCUT2D eigenvalue weighted by atomic mass is 10.6. The summed E-state index contributed by atoms with van der Waals surface area (Å²) in [6.07, 6.45) is 1.46. The van der Waals surface area contributed by atoms with Crippen LogP contribution in [0.15, 0.2) is 3.21 Å². The van der Waals surface area contributed by atoms with E-state index in [1.807, 2.05) is 22.9 Å². The van der Waals surface area contributed by atoms with Crippen molar-refractivity contribution in [2.75, 3.05) is 7.05 Å². The van der Waals surface area contributed by atoms with Gasteiger partial charge < -0.3 is 4.90 Å². The van der Waals surface area contributed by atoms with Crippen molar-refractivity contribution in [3.63, 3.8) is 0 Å². The van der Waals surface area contributed by atoms with Crippen LogP contribution in [0.25, 0.3) is 0 Å². The molecule has 0 aromatic carbocycles. The minimum atomic E-state index is -0.00887. The average molecular weight is 226 g/mol. The molecule has 0 unspecified atom stereocenters. The third-order valence-electron chi connectivity index (χ3n) is 0.714. The fraction of sp³-hybridized carbons (Fsp3) is 0.500. The summed E-state index contributed by atoms with van der Waals surface area (Å²) in [5, 5.41) is 0. The van der Waals surface area contributed by atoms with E-state index in [0.717, 1.165) is 0 Å². The molecule has 0 heterocycles. The maximum atomic E-state index is 10.4. The van der Waals surface area contributed by atoms with Gasteiger partial charge in [-0.25, -0.2) is 3.21 Å². The van der Waals surface area contributed by atoms with Crippen molar-refractivity contribution in [1.29, 1.82) is 0 Å². The molecule has 0 rings (SSSR count). The van der Waals surface area contributed by atoms with Gasteiger partial charge in [0.15, 0.2) is 0 Å². The Balaban J connectivity index is 3.64. The highest BCUT2D eigenvalue weighted by Crippen LogP contribution is 1.82. The molecule has 4 heteroatoms. The summed E-state index contributed by atoms with van der Waals surface area (Å²) >= 11 is 1.81. The van der Waals surface area contributed by atoms with Gasteiger partial charge in [0, 0.05) is 14.0 Å². The Hall–Kier alpha value is -0.130. The van der Waals surface area contributed by atoms with E-state index in [4.69, 9.17) is 0 Å². The summed E-state index contributed by atoms with van der Waals surface area (Å²) < 4.78 is 3.61. The second-order valence-corrected chi connectivity index (χ2v) is 1.90. The molecule has 0 aliphatic carbocycles. The monoisotopic (exact) mass is 226 g/mol. The van der Waals surface area contributed by atoms with Gasteiger partial charge in [-0.3, -0.25) is 4.79 Å². The van der Waals surface area contributed by atoms with Crippen LogP contribution < -0.4 is 0 Å². The molecule has 0 saturated heterocycles. The Morgan fingerprint density at radius 3 is 2.50 bits per heavy atom. The van der Waals surface area contributed by atoms with Crippen LogP contribution in [0.5, 0.6) is 0 Å². The third kappa shape index (κ3) is 2.95. The molecule has 8 heavy (non-hydrogen) atoms. The lowest BCUT2D eigenvalue weighted by Crippen LogP contribution is -2.20. The molecule has 0 aliphatic heterocycles. The highest BCUT2D eigenvalue weighted by Gasteiger charge is 1.93. The SMILES string of the molecule is CC(=O)N(C)C=NI. The Bertz CT molecular complexity index is 113. The maximum absolute atomic E-state index is 10.4. The first-order valence-corrected chi connectivity index (χ1v) is 3.03. The van der Waals surface area contributed by atoms with Crippen LogP contribution in [-0.2, 0) is 4.79 Å². The van der Waals surface area contributed by atoms with E-state index >= 15 is 0 Å². The molecule has 0 spiro atoms. The van der Waals surface area contributed by atoms with Crippen molar-refractivity contribution in [3.05, 3.63) is 0 Å². The van der Waals surface area contributed by atoms with Crippen molar-refractivity contribution < 1.29 is 4.79 Å². The summed E-state index contributed by atoms with van der Waals surface area (Å²) in [7, 11) is 1.66. The Morgan fingerprint density at radius 1 is 1.88 bits per heavy atom. The van der Waals surface area contributed by atoms with Gasteiger partial charge in [0.2, 0.25) is 5.91 Å². The van der Waals surface area contributed by atoms with E-state index in [0.29, 0.717) is 0 Å². The molecule has 1 amide bonds. The average Bonchev–Trinajstić information content (AvgIpc) is 1.67. The molecule has 46 valence electrons. The van der Waals surface area contributed by atoms with Crippen molar-refractivity contribution in [2.24, 2.45) is 3.21 Å². The summed E-state index contributed by atoms with van der Waals surface area (Å²) in [5.74, 6) is -0.00887. The number of hydrogen-bond acceptors (Lipinski definition) is 2. The summed E-state index contributed by atoms with van der Waals surface area (Å²) in [6, 6.07) is 0. The minimum absolute atomic E-state index is 0.00887. The van der Waals surface area contributed by atoms with Crippen LogP contribution in [0.3, 0.4) is 0 Å². The van der Waals surface area contributed by atoms with Gasteiger partial charge in [-0.05, 0) is 0 Å². The zero-order valence-electron chi connectivity index (χ0n) is 4.76. The largest absolute Gasteiger partial charge is 0.306 e. The molecule has 0 aromatic rings. The second kappa shape index (κ2) is 3.82. The number of rotatable bonds is 1. The number of carbonyl (C=O) groups excluding carboxylic acids is 1. The molecular weight excluding hydrogens is 219 g/mol. The standard InChI is InChI=1S/C4H7IN2O/c1-4(8)7(2)3-6-5/h3H,1-2H3. The normalized spacial score (nSPS) is 9.88. The van der Waals surface area contributed by atoms with Gasteiger partial charge in [0.1, 0.15) is 6.34 Å². The van der Waals surface area contributed by atoms with Gasteiger partial charge in [0.05, 0.1) is 22.9 Å². The molecular formula is C4H7IN2O. The molecule has 0 atom stereocenters. The third-order valence-corrected chi connectivity index (χ3v) is 0.963. The van der Waals surface area contributed by atoms with Crippen LogP contribution in [0, 0.1) is 0 Å². The van der Waals surface area contributed by atoms with Crippen molar-refractivity contribution >= 4 is 35.1 Å². The molecule has 0 aliphatic rings. The first kappa shape index (κ1) is 7.87. The number of amides is 1. The number of carbonyl (C=O) groups is 1. The molecule has 3 nitrogen and oxygen atoms in total. The predicted octanol–water partition coefficient (Wildman–Crippen LogP) is 0.843. The van der Waals surface area contributed by atoms with Gasteiger partial charge in [-0.2, -0.15) is 0 Å². The number of nitrogens with zero attached hydrogens (tertiary/aromatic N) is 2. The quantitative estimate of drug-likeness (QED) is 0.370. The van der Waals surface area contributed by atoms with Gasteiger partial charge >= 0.3 is 0 Å². The van der Waals surface area contributed by atoms with E-state index < -0.39 is 0 Å². The second-order valence-electron chi connectivity index (χ2n) is 1.34. The first-order valence-electron chi connectivity index (χ1n) is 2.06.